The summed E-state index contributed by atoms with van der Waals surface area (Å²) in [6, 6.07) is 61.5. The second-order valence-corrected chi connectivity index (χ2v) is 12.4. The molecule has 10 rings (SSSR count). The fraction of sp³-hybridized carbons (Fsp3) is 0. The molecule has 1 heterocycles. The Labute approximate surface area is 272 Å². The van der Waals surface area contributed by atoms with Crippen LogP contribution >= 0.6 is 0 Å². The van der Waals surface area contributed by atoms with Crippen LogP contribution < -0.4 is 0 Å². The Morgan fingerprint density at radius 3 is 1.57 bits per heavy atom. The topological polar surface area (TPSA) is 17.8 Å². The maximum atomic E-state index is 5.19. The quantitative estimate of drug-likeness (QED) is 0.185. The highest BCUT2D eigenvalue weighted by atomic mass is 15.1. The van der Waals surface area contributed by atoms with Gasteiger partial charge in [-0.3, -0.25) is 4.57 Å². The second-order valence-electron chi connectivity index (χ2n) is 12.4. The lowest BCUT2D eigenvalue weighted by Gasteiger charge is -2.16. The summed E-state index contributed by atoms with van der Waals surface area (Å²) in [5.74, 6) is 0.950. The third-order valence-electron chi connectivity index (χ3n) is 9.69. The third kappa shape index (κ3) is 4.02. The summed E-state index contributed by atoms with van der Waals surface area (Å²) in [6.07, 6.45) is 0. The molecule has 0 aliphatic carbocycles. The van der Waals surface area contributed by atoms with Gasteiger partial charge in [-0.05, 0) is 114 Å². The lowest BCUT2D eigenvalue weighted by atomic mass is 9.88. The van der Waals surface area contributed by atoms with Gasteiger partial charge in [-0.15, -0.1) is 0 Å². The minimum atomic E-state index is 0.950. The molecule has 0 fully saturated rings. The van der Waals surface area contributed by atoms with E-state index in [1.165, 1.54) is 65.3 Å². The van der Waals surface area contributed by atoms with Crippen molar-refractivity contribution in [1.29, 1.82) is 0 Å². The van der Waals surface area contributed by atoms with E-state index in [9.17, 15) is 0 Å². The van der Waals surface area contributed by atoms with Gasteiger partial charge in [0, 0.05) is 11.3 Å². The molecule has 0 atom stereocenters. The van der Waals surface area contributed by atoms with Gasteiger partial charge < -0.3 is 0 Å². The van der Waals surface area contributed by atoms with E-state index in [0.29, 0.717) is 0 Å². The molecule has 0 radical (unpaired) electrons. The zero-order valence-electron chi connectivity index (χ0n) is 25.6. The van der Waals surface area contributed by atoms with Gasteiger partial charge in [0.05, 0.1) is 11.0 Å². The van der Waals surface area contributed by atoms with Crippen molar-refractivity contribution in [3.8, 4) is 39.3 Å². The Hall–Kier alpha value is -6.25. The van der Waals surface area contributed by atoms with Gasteiger partial charge in [-0.25, -0.2) is 4.98 Å². The molecule has 218 valence electrons. The molecular weight excluding hydrogens is 569 g/mol. The van der Waals surface area contributed by atoms with Crippen LogP contribution in [-0.4, -0.2) is 9.55 Å². The largest absolute Gasteiger partial charge is 0.292 e. The van der Waals surface area contributed by atoms with Gasteiger partial charge in [0.2, 0.25) is 0 Å². The van der Waals surface area contributed by atoms with Gasteiger partial charge in [0.15, 0.2) is 0 Å². The van der Waals surface area contributed by atoms with Crippen molar-refractivity contribution in [2.24, 2.45) is 0 Å². The number of fused-ring (bicyclic) bond motifs is 2. The van der Waals surface area contributed by atoms with Crippen molar-refractivity contribution in [3.05, 3.63) is 170 Å². The van der Waals surface area contributed by atoms with Crippen molar-refractivity contribution >= 4 is 54.1 Å². The summed E-state index contributed by atoms with van der Waals surface area (Å²) < 4.78 is 2.29. The van der Waals surface area contributed by atoms with Gasteiger partial charge in [0.25, 0.3) is 0 Å². The zero-order chi connectivity index (χ0) is 30.9. The zero-order valence-corrected chi connectivity index (χ0v) is 25.6. The van der Waals surface area contributed by atoms with E-state index in [0.717, 1.165) is 28.1 Å². The summed E-state index contributed by atoms with van der Waals surface area (Å²) in [7, 11) is 0. The molecule has 9 aromatic carbocycles. The van der Waals surface area contributed by atoms with Crippen LogP contribution in [0.25, 0.3) is 93.5 Å². The molecule has 0 aliphatic rings. The van der Waals surface area contributed by atoms with Crippen molar-refractivity contribution in [3.63, 3.8) is 0 Å². The van der Waals surface area contributed by atoms with E-state index < -0.39 is 0 Å². The van der Waals surface area contributed by atoms with Crippen LogP contribution in [0, 0.1) is 0 Å². The Kier molecular flexibility index (Phi) is 5.61. The average molecular weight is 597 g/mol. The van der Waals surface area contributed by atoms with Crippen molar-refractivity contribution in [1.82, 2.24) is 9.55 Å². The number of rotatable bonds is 4. The highest BCUT2D eigenvalue weighted by Gasteiger charge is 2.18. The lowest BCUT2D eigenvalue weighted by Crippen LogP contribution is -1.98. The van der Waals surface area contributed by atoms with Crippen LogP contribution in [0.3, 0.4) is 0 Å². The minimum absolute atomic E-state index is 0.950. The monoisotopic (exact) mass is 596 g/mol. The predicted molar refractivity (Wildman–Crippen MR) is 199 cm³/mol. The summed E-state index contributed by atoms with van der Waals surface area (Å²) in [6.45, 7) is 0. The maximum absolute atomic E-state index is 5.19. The first-order valence-corrected chi connectivity index (χ1v) is 16.1. The van der Waals surface area contributed by atoms with Gasteiger partial charge in [-0.2, -0.15) is 0 Å². The molecular formula is C45H28N2. The van der Waals surface area contributed by atoms with Gasteiger partial charge >= 0.3 is 0 Å². The van der Waals surface area contributed by atoms with Crippen LogP contribution in [0.2, 0.25) is 0 Å². The normalized spacial score (nSPS) is 11.8. The molecule has 0 aliphatic heterocycles. The molecule has 0 bridgehead atoms. The SMILES string of the molecule is c1ccc(-c2cc3ccc4cc(-c5cccc6c(-c7nc8ccccc8n7-c7ccccc7)cccc56)cc5ccc(c2)c3c45)cc1. The molecule has 2 heteroatoms. The van der Waals surface area contributed by atoms with E-state index in [2.05, 4.69) is 174 Å². The lowest BCUT2D eigenvalue weighted by molar-refractivity contribution is 1.11. The highest BCUT2D eigenvalue weighted by molar-refractivity contribution is 6.25. The number of aromatic nitrogens is 2. The van der Waals surface area contributed by atoms with Crippen LogP contribution in [0.1, 0.15) is 0 Å². The summed E-state index contributed by atoms with van der Waals surface area (Å²) >= 11 is 0. The van der Waals surface area contributed by atoms with Gasteiger partial charge in [0.1, 0.15) is 5.82 Å². The van der Waals surface area contributed by atoms with E-state index in [1.54, 1.807) is 0 Å². The predicted octanol–water partition coefficient (Wildman–Crippen LogP) is 12.1. The number of para-hydroxylation sites is 3. The first-order chi connectivity index (χ1) is 23.3. The third-order valence-corrected chi connectivity index (χ3v) is 9.69. The van der Waals surface area contributed by atoms with E-state index in [1.807, 2.05) is 0 Å². The number of nitrogens with zero attached hydrogens (tertiary/aromatic N) is 2. The maximum Gasteiger partial charge on any atom is 0.146 e. The van der Waals surface area contributed by atoms with Crippen LogP contribution in [0.15, 0.2) is 170 Å². The first kappa shape index (κ1) is 26.0. The molecule has 0 unspecified atom stereocenters. The summed E-state index contributed by atoms with van der Waals surface area (Å²) in [5, 5.41) is 10.2. The molecule has 1 aromatic heterocycles. The van der Waals surface area contributed by atoms with E-state index in [-0.39, 0.29) is 0 Å². The average Bonchev–Trinajstić information content (AvgIpc) is 3.53. The van der Waals surface area contributed by atoms with Crippen LogP contribution in [0.5, 0.6) is 0 Å². The smallest absolute Gasteiger partial charge is 0.146 e. The van der Waals surface area contributed by atoms with Crippen molar-refractivity contribution < 1.29 is 0 Å². The van der Waals surface area contributed by atoms with Crippen LogP contribution in [0.4, 0.5) is 0 Å². The second kappa shape index (κ2) is 10.1. The van der Waals surface area contributed by atoms with Crippen molar-refractivity contribution in [2.45, 2.75) is 0 Å². The number of hydrogen-bond acceptors (Lipinski definition) is 1. The Bertz CT molecular complexity index is 2710. The summed E-state index contributed by atoms with van der Waals surface area (Å²) in [4.78, 5) is 5.19. The van der Waals surface area contributed by atoms with E-state index in [4.69, 9.17) is 4.98 Å². The minimum Gasteiger partial charge on any atom is -0.292 e. The fourth-order valence-corrected chi connectivity index (χ4v) is 7.59. The summed E-state index contributed by atoms with van der Waals surface area (Å²) in [5.41, 5.74) is 9.26. The van der Waals surface area contributed by atoms with Gasteiger partial charge in [-0.1, -0.05) is 121 Å². The molecule has 0 N–H and O–H groups in total. The Balaban J connectivity index is 1.17. The van der Waals surface area contributed by atoms with E-state index >= 15 is 0 Å². The molecule has 0 spiro atoms. The molecule has 0 saturated heterocycles. The van der Waals surface area contributed by atoms with Crippen molar-refractivity contribution in [2.75, 3.05) is 0 Å². The Morgan fingerprint density at radius 2 is 0.915 bits per heavy atom. The fourth-order valence-electron chi connectivity index (χ4n) is 7.59. The first-order valence-electron chi connectivity index (χ1n) is 16.1. The molecule has 0 saturated carbocycles. The molecule has 2 nitrogen and oxygen atoms in total. The molecule has 47 heavy (non-hydrogen) atoms. The number of imidazole rings is 1. The molecule has 0 amide bonds. The number of benzene rings is 9. The Morgan fingerprint density at radius 1 is 0.383 bits per heavy atom. The number of hydrogen-bond donors (Lipinski definition) is 0. The highest BCUT2D eigenvalue weighted by Crippen LogP contribution is 2.42. The van der Waals surface area contributed by atoms with Crippen LogP contribution in [-0.2, 0) is 0 Å². The molecule has 10 aromatic rings. The standard InChI is InChI=1S/C45H28N2/c1-3-11-29(12-4-1)34-25-30-21-23-32-27-35(28-33-24-22-31(26-34)43(30)44(32)33)37-15-9-17-39-38(37)16-10-18-40(39)45-46-41-19-7-8-20-42(41)47(45)36-13-5-2-6-14-36/h1-28H.